The Hall–Kier alpha value is -0.440. The van der Waals surface area contributed by atoms with E-state index in [0.29, 0.717) is 10.0 Å². The van der Waals surface area contributed by atoms with E-state index in [9.17, 15) is 0 Å². The molecule has 2 nitrogen and oxygen atoms in total. The maximum atomic E-state index is 5.94. The third-order valence-electron chi connectivity index (χ3n) is 2.72. The van der Waals surface area contributed by atoms with Crippen molar-refractivity contribution in [2.75, 3.05) is 13.1 Å². The van der Waals surface area contributed by atoms with Crippen molar-refractivity contribution in [2.24, 2.45) is 0 Å². The molecule has 1 aromatic rings. The smallest absolute Gasteiger partial charge is 0.121 e. The first-order chi connectivity index (χ1) is 7.75. The van der Waals surface area contributed by atoms with Crippen molar-refractivity contribution in [3.63, 3.8) is 0 Å². The van der Waals surface area contributed by atoms with E-state index in [1.165, 1.54) is 0 Å². The third kappa shape index (κ3) is 3.27. The fourth-order valence-corrected chi connectivity index (χ4v) is 2.14. The Bertz CT molecular complexity index is 349. The molecule has 88 valence electrons. The molecule has 4 heteroatoms. The summed E-state index contributed by atoms with van der Waals surface area (Å²) in [4.78, 5) is 0. The Morgan fingerprint density at radius 1 is 1.12 bits per heavy atom. The summed E-state index contributed by atoms with van der Waals surface area (Å²) in [7, 11) is 0. The molecule has 0 aliphatic carbocycles. The molecule has 1 unspecified atom stereocenters. The van der Waals surface area contributed by atoms with Crippen LogP contribution in [0.1, 0.15) is 19.3 Å². The van der Waals surface area contributed by atoms with Crippen LogP contribution in [0, 0.1) is 0 Å². The van der Waals surface area contributed by atoms with Gasteiger partial charge in [-0.25, -0.2) is 0 Å². The summed E-state index contributed by atoms with van der Waals surface area (Å²) in [5.41, 5.74) is 0. The zero-order valence-corrected chi connectivity index (χ0v) is 10.5. The van der Waals surface area contributed by atoms with Crippen LogP contribution in [0.3, 0.4) is 0 Å². The van der Waals surface area contributed by atoms with Crippen molar-refractivity contribution in [1.29, 1.82) is 0 Å². The Morgan fingerprint density at radius 3 is 2.81 bits per heavy atom. The van der Waals surface area contributed by atoms with E-state index in [1.807, 2.05) is 6.07 Å². The molecule has 1 aliphatic rings. The molecule has 1 aliphatic heterocycles. The first-order valence-corrected chi connectivity index (χ1v) is 6.34. The lowest BCUT2D eigenvalue weighted by Gasteiger charge is -2.16. The second-order valence-corrected chi connectivity index (χ2v) is 4.81. The van der Waals surface area contributed by atoms with Gasteiger partial charge in [0.25, 0.3) is 0 Å². The number of rotatable bonds is 2. The van der Waals surface area contributed by atoms with Crippen LogP contribution in [0.4, 0.5) is 0 Å². The zero-order valence-electron chi connectivity index (χ0n) is 9.01. The first kappa shape index (κ1) is 12.0. The summed E-state index contributed by atoms with van der Waals surface area (Å²) in [6, 6.07) is 5.42. The molecule has 0 spiro atoms. The summed E-state index contributed by atoms with van der Waals surface area (Å²) >= 11 is 11.8. The highest BCUT2D eigenvalue weighted by Crippen LogP contribution is 2.27. The van der Waals surface area contributed by atoms with Gasteiger partial charge in [0.05, 0.1) is 16.1 Å². The van der Waals surface area contributed by atoms with Crippen molar-refractivity contribution in [3.05, 3.63) is 28.2 Å². The molecule has 0 amide bonds. The number of hydrogen-bond donors (Lipinski definition) is 1. The normalized spacial score (nSPS) is 21.5. The van der Waals surface area contributed by atoms with Gasteiger partial charge in [0.1, 0.15) is 5.75 Å². The van der Waals surface area contributed by atoms with Crippen molar-refractivity contribution >= 4 is 23.2 Å². The molecule has 1 saturated heterocycles. The van der Waals surface area contributed by atoms with Gasteiger partial charge in [0, 0.05) is 6.07 Å². The molecule has 0 radical (unpaired) electrons. The summed E-state index contributed by atoms with van der Waals surface area (Å²) in [5, 5.41) is 4.47. The quantitative estimate of drug-likeness (QED) is 0.878. The van der Waals surface area contributed by atoms with Gasteiger partial charge in [0.15, 0.2) is 0 Å². The predicted octanol–water partition coefficient (Wildman–Crippen LogP) is 3.51. The first-order valence-electron chi connectivity index (χ1n) is 5.58. The molecule has 1 heterocycles. The van der Waals surface area contributed by atoms with Gasteiger partial charge in [-0.15, -0.1) is 0 Å². The predicted molar refractivity (Wildman–Crippen MR) is 67.6 cm³/mol. The van der Waals surface area contributed by atoms with Gasteiger partial charge in [-0.05, 0) is 44.5 Å². The van der Waals surface area contributed by atoms with Gasteiger partial charge in [-0.2, -0.15) is 0 Å². The maximum Gasteiger partial charge on any atom is 0.121 e. The molecule has 0 saturated carbocycles. The van der Waals surface area contributed by atoms with Crippen molar-refractivity contribution in [1.82, 2.24) is 5.32 Å². The summed E-state index contributed by atoms with van der Waals surface area (Å²) in [5.74, 6) is 0.807. The molecule has 0 aromatic heterocycles. The monoisotopic (exact) mass is 259 g/mol. The standard InChI is InChI=1S/C12H15Cl2NO/c13-11-4-3-10(8-12(11)14)16-9-2-1-6-15-7-5-9/h3-4,8-9,15H,1-2,5-7H2. The molecule has 1 aromatic carbocycles. The average molecular weight is 260 g/mol. The minimum absolute atomic E-state index is 0.284. The molecule has 2 rings (SSSR count). The molecule has 16 heavy (non-hydrogen) atoms. The lowest BCUT2D eigenvalue weighted by molar-refractivity contribution is 0.187. The van der Waals surface area contributed by atoms with E-state index in [-0.39, 0.29) is 6.10 Å². The second-order valence-electron chi connectivity index (χ2n) is 4.00. The van der Waals surface area contributed by atoms with Crippen molar-refractivity contribution in [2.45, 2.75) is 25.4 Å². The number of halogens is 2. The molecule has 1 N–H and O–H groups in total. The van der Waals surface area contributed by atoms with E-state index in [4.69, 9.17) is 27.9 Å². The molecular formula is C12H15Cl2NO. The number of nitrogens with one attached hydrogen (secondary N) is 1. The van der Waals surface area contributed by atoms with Crippen LogP contribution in [-0.4, -0.2) is 19.2 Å². The van der Waals surface area contributed by atoms with Crippen LogP contribution >= 0.6 is 23.2 Å². The Balaban J connectivity index is 1.99. The van der Waals surface area contributed by atoms with Crippen LogP contribution in [-0.2, 0) is 0 Å². The minimum Gasteiger partial charge on any atom is -0.490 e. The summed E-state index contributed by atoms with van der Waals surface area (Å²) in [6.07, 6.45) is 3.58. The maximum absolute atomic E-state index is 5.94. The van der Waals surface area contributed by atoms with E-state index in [0.717, 1.165) is 38.1 Å². The largest absolute Gasteiger partial charge is 0.490 e. The van der Waals surface area contributed by atoms with E-state index < -0.39 is 0 Å². The van der Waals surface area contributed by atoms with E-state index in [1.54, 1.807) is 12.1 Å². The number of ether oxygens (including phenoxy) is 1. The lowest BCUT2D eigenvalue weighted by Crippen LogP contribution is -2.19. The Kier molecular flexibility index (Phi) is 4.33. The second kappa shape index (κ2) is 5.76. The molecular weight excluding hydrogens is 245 g/mol. The molecule has 1 atom stereocenters. The van der Waals surface area contributed by atoms with Crippen LogP contribution in [0.5, 0.6) is 5.75 Å². The Morgan fingerprint density at radius 2 is 2.00 bits per heavy atom. The summed E-state index contributed by atoms with van der Waals surface area (Å²) < 4.78 is 5.89. The number of hydrogen-bond acceptors (Lipinski definition) is 2. The van der Waals surface area contributed by atoms with Crippen molar-refractivity contribution in [3.8, 4) is 5.75 Å². The third-order valence-corrected chi connectivity index (χ3v) is 3.46. The fraction of sp³-hybridized carbons (Fsp3) is 0.500. The van der Waals surface area contributed by atoms with Crippen LogP contribution < -0.4 is 10.1 Å². The average Bonchev–Trinajstić information content (AvgIpc) is 2.52. The van der Waals surface area contributed by atoms with Crippen LogP contribution in [0.25, 0.3) is 0 Å². The van der Waals surface area contributed by atoms with E-state index in [2.05, 4.69) is 5.32 Å². The number of benzene rings is 1. The zero-order chi connectivity index (χ0) is 11.4. The molecule has 1 fully saturated rings. The van der Waals surface area contributed by atoms with Gasteiger partial charge in [-0.1, -0.05) is 23.2 Å². The minimum atomic E-state index is 0.284. The topological polar surface area (TPSA) is 21.3 Å². The lowest BCUT2D eigenvalue weighted by atomic mass is 10.1. The van der Waals surface area contributed by atoms with Crippen molar-refractivity contribution < 1.29 is 4.74 Å². The fourth-order valence-electron chi connectivity index (χ4n) is 1.85. The highest BCUT2D eigenvalue weighted by Gasteiger charge is 2.13. The van der Waals surface area contributed by atoms with Crippen LogP contribution in [0.15, 0.2) is 18.2 Å². The van der Waals surface area contributed by atoms with Gasteiger partial charge < -0.3 is 10.1 Å². The highest BCUT2D eigenvalue weighted by atomic mass is 35.5. The SMILES string of the molecule is Clc1ccc(OC2CCCNCC2)cc1Cl. The van der Waals surface area contributed by atoms with Gasteiger partial charge in [0.2, 0.25) is 0 Å². The molecule has 0 bridgehead atoms. The van der Waals surface area contributed by atoms with Gasteiger partial charge >= 0.3 is 0 Å². The van der Waals surface area contributed by atoms with Gasteiger partial charge in [-0.3, -0.25) is 0 Å². The van der Waals surface area contributed by atoms with E-state index >= 15 is 0 Å². The summed E-state index contributed by atoms with van der Waals surface area (Å²) in [6.45, 7) is 2.10. The Labute approximate surface area is 106 Å². The van der Waals surface area contributed by atoms with Crippen LogP contribution in [0.2, 0.25) is 10.0 Å². The highest BCUT2D eigenvalue weighted by molar-refractivity contribution is 6.42.